The van der Waals surface area contributed by atoms with Crippen LogP contribution in [-0.4, -0.2) is 15.4 Å². The van der Waals surface area contributed by atoms with Gasteiger partial charge in [0.25, 0.3) is 0 Å². The van der Waals surface area contributed by atoms with E-state index in [1.54, 1.807) is 18.2 Å². The van der Waals surface area contributed by atoms with Crippen LogP contribution in [0.1, 0.15) is 13.3 Å². The minimum absolute atomic E-state index is 0.401. The first-order valence-electron chi connectivity index (χ1n) is 4.46. The molecule has 16 heavy (non-hydrogen) atoms. The molecule has 0 heterocycles. The van der Waals surface area contributed by atoms with Crippen LogP contribution in [0.15, 0.2) is 36.5 Å². The van der Waals surface area contributed by atoms with Gasteiger partial charge >= 0.3 is 0 Å². The lowest BCUT2D eigenvalue weighted by Crippen LogP contribution is -2.21. The molecule has 0 spiro atoms. The maximum absolute atomic E-state index is 11.2. The van der Waals surface area contributed by atoms with Crippen molar-refractivity contribution in [2.24, 2.45) is 0 Å². The summed E-state index contributed by atoms with van der Waals surface area (Å²) in [7, 11) is 0. The van der Waals surface area contributed by atoms with Gasteiger partial charge in [0.1, 0.15) is 0 Å². The van der Waals surface area contributed by atoms with Crippen LogP contribution >= 0.6 is 34.8 Å². The fourth-order valence-corrected chi connectivity index (χ4v) is 0.920. The molecule has 0 radical (unpaired) electrons. The molecule has 0 rings (SSSR count). The molecule has 0 bridgehead atoms. The summed E-state index contributed by atoms with van der Waals surface area (Å²) >= 11 is 15.9. The van der Waals surface area contributed by atoms with E-state index in [2.05, 4.69) is 0 Å². The van der Waals surface area contributed by atoms with E-state index in [1.165, 1.54) is 12.2 Å². The Morgan fingerprint density at radius 3 is 2.12 bits per heavy atom. The van der Waals surface area contributed by atoms with Crippen molar-refractivity contribution < 1.29 is 9.59 Å². The van der Waals surface area contributed by atoms with E-state index in [0.717, 1.165) is 0 Å². The molecular formula is C11H11Cl3O2. The van der Waals surface area contributed by atoms with Crippen LogP contribution < -0.4 is 0 Å². The molecule has 0 saturated carbocycles. The number of rotatable bonds is 5. The van der Waals surface area contributed by atoms with Crippen LogP contribution in [0.5, 0.6) is 0 Å². The summed E-state index contributed by atoms with van der Waals surface area (Å²) < 4.78 is -2.02. The van der Waals surface area contributed by atoms with Crippen LogP contribution in [0.2, 0.25) is 0 Å². The topological polar surface area (TPSA) is 34.1 Å². The fraction of sp³-hybridized carbons (Fsp3) is 0.273. The molecule has 0 aliphatic rings. The van der Waals surface area contributed by atoms with Crippen LogP contribution in [0.4, 0.5) is 0 Å². The molecule has 0 aromatic rings. The molecule has 0 saturated heterocycles. The third kappa shape index (κ3) is 7.69. The van der Waals surface area contributed by atoms with Crippen molar-refractivity contribution in [3.63, 3.8) is 0 Å². The number of hydrogen-bond acceptors (Lipinski definition) is 2. The molecular weight excluding hydrogens is 270 g/mol. The number of Topliss-reactive ketones (excluding diaryl/α,β-unsaturated/α-hetero) is 1. The monoisotopic (exact) mass is 280 g/mol. The van der Waals surface area contributed by atoms with Gasteiger partial charge < -0.3 is 0 Å². The Morgan fingerprint density at radius 1 is 1.06 bits per heavy atom. The summed E-state index contributed by atoms with van der Waals surface area (Å²) in [4.78, 5) is 22.3. The van der Waals surface area contributed by atoms with Crippen molar-refractivity contribution in [3.05, 3.63) is 36.5 Å². The van der Waals surface area contributed by atoms with Crippen molar-refractivity contribution in [2.45, 2.75) is 17.1 Å². The first kappa shape index (κ1) is 15.4. The van der Waals surface area contributed by atoms with E-state index in [9.17, 15) is 9.59 Å². The minimum atomic E-state index is -2.02. The second-order valence-electron chi connectivity index (χ2n) is 2.83. The average Bonchev–Trinajstić information content (AvgIpc) is 2.16. The summed E-state index contributed by atoms with van der Waals surface area (Å²) in [6.45, 7) is 1.87. The highest BCUT2D eigenvalue weighted by Crippen LogP contribution is 2.28. The summed E-state index contributed by atoms with van der Waals surface area (Å²) in [5, 5.41) is 0. The van der Waals surface area contributed by atoms with Crippen molar-refractivity contribution in [3.8, 4) is 0 Å². The molecule has 0 amide bonds. The zero-order chi connectivity index (χ0) is 12.6. The van der Waals surface area contributed by atoms with Gasteiger partial charge in [0, 0.05) is 0 Å². The molecule has 0 atom stereocenters. The maximum atomic E-state index is 11.2. The van der Waals surface area contributed by atoms with E-state index in [4.69, 9.17) is 34.8 Å². The predicted octanol–water partition coefficient (Wildman–Crippen LogP) is 3.57. The highest BCUT2D eigenvalue weighted by atomic mass is 35.6. The normalized spacial score (nSPS) is 13.0. The second-order valence-corrected chi connectivity index (χ2v) is 5.12. The summed E-state index contributed by atoms with van der Waals surface area (Å²) in [5.41, 5.74) is 0. The van der Waals surface area contributed by atoms with E-state index in [-0.39, 0.29) is 0 Å². The second kappa shape index (κ2) is 7.66. The number of hydrogen-bond donors (Lipinski definition) is 0. The number of carbonyl (C=O) groups excluding carboxylic acids is 2. The van der Waals surface area contributed by atoms with Gasteiger partial charge in [-0.1, -0.05) is 65.2 Å². The van der Waals surface area contributed by atoms with Crippen LogP contribution in [-0.2, 0) is 9.59 Å². The highest BCUT2D eigenvalue weighted by Gasteiger charge is 2.31. The Hall–Kier alpha value is -0.570. The predicted molar refractivity (Wildman–Crippen MR) is 68.0 cm³/mol. The summed E-state index contributed by atoms with van der Waals surface area (Å²) in [6.07, 6.45) is 9.44. The highest BCUT2D eigenvalue weighted by molar-refractivity contribution is 6.76. The first-order chi connectivity index (χ1) is 7.38. The van der Waals surface area contributed by atoms with Gasteiger partial charge in [-0.25, -0.2) is 0 Å². The smallest absolute Gasteiger partial charge is 0.249 e. The average molecular weight is 282 g/mol. The molecule has 0 aromatic heterocycles. The summed E-state index contributed by atoms with van der Waals surface area (Å²) in [5.74, 6) is -1.13. The van der Waals surface area contributed by atoms with Crippen LogP contribution in [0, 0.1) is 0 Å². The lowest BCUT2D eigenvalue weighted by atomic mass is 10.2. The molecule has 0 aliphatic carbocycles. The van der Waals surface area contributed by atoms with Gasteiger partial charge in [0.2, 0.25) is 3.79 Å². The SMILES string of the molecule is C/C=C/C=C/C=C/C(=O)CC(=O)C(Cl)(Cl)Cl. The fourth-order valence-electron chi connectivity index (χ4n) is 0.720. The Labute approximate surface area is 110 Å². The Balaban J connectivity index is 4.15. The van der Waals surface area contributed by atoms with Gasteiger partial charge in [0.15, 0.2) is 11.6 Å². The maximum Gasteiger partial charge on any atom is 0.249 e. The molecule has 2 nitrogen and oxygen atoms in total. The number of halogens is 3. The molecule has 0 unspecified atom stereocenters. The van der Waals surface area contributed by atoms with E-state index in [0.29, 0.717) is 0 Å². The molecule has 5 heteroatoms. The van der Waals surface area contributed by atoms with E-state index < -0.39 is 21.8 Å². The standard InChI is InChI=1S/C11H11Cl3O2/c1-2-3-4-5-6-7-9(15)8-10(16)11(12,13)14/h2-7H,8H2,1H3/b3-2+,5-4+,7-6+. The molecule has 0 N–H and O–H groups in total. The van der Waals surface area contributed by atoms with Crippen LogP contribution in [0.25, 0.3) is 0 Å². The Bertz CT molecular complexity index is 336. The van der Waals surface area contributed by atoms with E-state index in [1.807, 2.05) is 13.0 Å². The van der Waals surface area contributed by atoms with Crippen molar-refractivity contribution in [1.82, 2.24) is 0 Å². The quantitative estimate of drug-likeness (QED) is 0.334. The molecule has 0 fully saturated rings. The minimum Gasteiger partial charge on any atom is -0.294 e. The number of carbonyl (C=O) groups is 2. The zero-order valence-electron chi connectivity index (χ0n) is 8.62. The third-order valence-electron chi connectivity index (χ3n) is 1.46. The number of ketones is 2. The lowest BCUT2D eigenvalue weighted by Gasteiger charge is -2.06. The van der Waals surface area contributed by atoms with Crippen molar-refractivity contribution in [1.29, 1.82) is 0 Å². The van der Waals surface area contributed by atoms with Crippen molar-refractivity contribution >= 4 is 46.4 Å². The molecule has 0 aliphatic heterocycles. The Kier molecular flexibility index (Phi) is 7.39. The van der Waals surface area contributed by atoms with Gasteiger partial charge in [-0.3, -0.25) is 9.59 Å². The zero-order valence-corrected chi connectivity index (χ0v) is 10.9. The van der Waals surface area contributed by atoms with Crippen molar-refractivity contribution in [2.75, 3.05) is 0 Å². The first-order valence-corrected chi connectivity index (χ1v) is 5.60. The summed E-state index contributed by atoms with van der Waals surface area (Å²) in [6, 6.07) is 0. The van der Waals surface area contributed by atoms with Gasteiger partial charge in [-0.2, -0.15) is 0 Å². The largest absolute Gasteiger partial charge is 0.294 e. The third-order valence-corrected chi connectivity index (χ3v) is 2.09. The lowest BCUT2D eigenvalue weighted by molar-refractivity contribution is -0.124. The van der Waals surface area contributed by atoms with E-state index >= 15 is 0 Å². The number of alkyl halides is 3. The van der Waals surface area contributed by atoms with Gasteiger partial charge in [0.05, 0.1) is 6.42 Å². The Morgan fingerprint density at radius 2 is 1.62 bits per heavy atom. The number of allylic oxidation sites excluding steroid dienone is 6. The molecule has 0 aromatic carbocycles. The molecule has 88 valence electrons. The van der Waals surface area contributed by atoms with Gasteiger partial charge in [-0.15, -0.1) is 0 Å². The van der Waals surface area contributed by atoms with Crippen LogP contribution in [0.3, 0.4) is 0 Å². The van der Waals surface area contributed by atoms with Gasteiger partial charge in [-0.05, 0) is 13.0 Å².